The highest BCUT2D eigenvalue weighted by atomic mass is 32.2. The van der Waals surface area contributed by atoms with E-state index >= 15 is 0 Å². The van der Waals surface area contributed by atoms with Gasteiger partial charge in [-0.1, -0.05) is 6.92 Å². The molecule has 3 aliphatic rings. The van der Waals surface area contributed by atoms with Crippen LogP contribution in [0.25, 0.3) is 0 Å². The Kier molecular flexibility index (Phi) is 2.48. The molecule has 2 atom stereocenters. The fourth-order valence-corrected chi connectivity index (χ4v) is 5.46. The molecule has 3 saturated heterocycles. The van der Waals surface area contributed by atoms with Crippen LogP contribution in [0.5, 0.6) is 0 Å². The van der Waals surface area contributed by atoms with Gasteiger partial charge in [0, 0.05) is 30.3 Å². The first-order valence-corrected chi connectivity index (χ1v) is 7.33. The van der Waals surface area contributed by atoms with Crippen molar-refractivity contribution in [2.75, 3.05) is 24.7 Å². The number of rotatable bonds is 0. The highest BCUT2D eigenvalue weighted by molar-refractivity contribution is 7.99. The summed E-state index contributed by atoms with van der Waals surface area (Å²) in [5, 5.41) is 3.32. The average molecular weight is 241 g/mol. The first-order chi connectivity index (χ1) is 7.70. The maximum absolute atomic E-state index is 12.0. The molecule has 0 aromatic heterocycles. The number of carbonyl (C=O) groups is 1. The van der Waals surface area contributed by atoms with E-state index in [1.165, 1.54) is 12.2 Å². The quantitative estimate of drug-likeness (QED) is 0.697. The molecular weight excluding hydrogens is 222 g/mol. The third-order valence-electron chi connectivity index (χ3n) is 4.94. The number of nitrogens with one attached hydrogen (secondary N) is 1. The zero-order valence-electron chi connectivity index (χ0n) is 9.75. The van der Waals surface area contributed by atoms with Gasteiger partial charge >= 0.3 is 0 Å². The van der Waals surface area contributed by atoms with E-state index in [2.05, 4.69) is 12.2 Å². The van der Waals surface area contributed by atoms with Crippen LogP contribution in [-0.2, 0) is 9.53 Å². The van der Waals surface area contributed by atoms with Gasteiger partial charge in [0.05, 0.1) is 5.54 Å². The van der Waals surface area contributed by atoms with Crippen molar-refractivity contribution in [2.24, 2.45) is 11.3 Å². The standard InChI is InChI=1S/C12H19NO2S/c1-9-10(14)13-12(2-5-15-6-3-12)11(9)4-7-16-8-11/h9H,2-8H2,1H3,(H,13,14). The second-order valence-corrected chi connectivity index (χ2v) is 6.47. The van der Waals surface area contributed by atoms with Gasteiger partial charge < -0.3 is 10.1 Å². The van der Waals surface area contributed by atoms with Crippen molar-refractivity contribution < 1.29 is 9.53 Å². The predicted octanol–water partition coefficient (Wildman–Crippen LogP) is 1.42. The SMILES string of the molecule is CC1C(=O)NC2(CCOCC2)C12CCSC2. The van der Waals surface area contributed by atoms with Crippen LogP contribution in [0.2, 0.25) is 0 Å². The first-order valence-electron chi connectivity index (χ1n) is 6.18. The van der Waals surface area contributed by atoms with Crippen LogP contribution in [0.1, 0.15) is 26.2 Å². The number of ether oxygens (including phenoxy) is 1. The lowest BCUT2D eigenvalue weighted by Gasteiger charge is -2.46. The van der Waals surface area contributed by atoms with Crippen molar-refractivity contribution in [3.8, 4) is 0 Å². The van der Waals surface area contributed by atoms with E-state index in [1.54, 1.807) is 0 Å². The minimum atomic E-state index is 0.0469. The summed E-state index contributed by atoms with van der Waals surface area (Å²) >= 11 is 2.01. The van der Waals surface area contributed by atoms with E-state index in [0.29, 0.717) is 0 Å². The number of thioether (sulfide) groups is 1. The van der Waals surface area contributed by atoms with Gasteiger partial charge in [0.2, 0.25) is 5.91 Å². The van der Waals surface area contributed by atoms with Crippen LogP contribution in [-0.4, -0.2) is 36.2 Å². The summed E-state index contributed by atoms with van der Waals surface area (Å²) in [5.41, 5.74) is 0.254. The van der Waals surface area contributed by atoms with Crippen LogP contribution < -0.4 is 5.32 Å². The van der Waals surface area contributed by atoms with Gasteiger partial charge in [-0.05, 0) is 25.0 Å². The fourth-order valence-electron chi connectivity index (χ4n) is 3.78. The zero-order chi connectivity index (χ0) is 11.2. The highest BCUT2D eigenvalue weighted by Crippen LogP contribution is 2.56. The number of amides is 1. The lowest BCUT2D eigenvalue weighted by Crippen LogP contribution is -2.56. The van der Waals surface area contributed by atoms with Crippen LogP contribution in [0.15, 0.2) is 0 Å². The molecular formula is C12H19NO2S. The lowest BCUT2D eigenvalue weighted by molar-refractivity contribution is -0.123. The van der Waals surface area contributed by atoms with E-state index in [-0.39, 0.29) is 22.8 Å². The summed E-state index contributed by atoms with van der Waals surface area (Å²) in [6, 6.07) is 0. The minimum absolute atomic E-state index is 0.0469. The van der Waals surface area contributed by atoms with Crippen molar-refractivity contribution in [3.05, 3.63) is 0 Å². The molecule has 16 heavy (non-hydrogen) atoms. The Morgan fingerprint density at radius 1 is 1.38 bits per heavy atom. The Labute approximate surface area is 101 Å². The Morgan fingerprint density at radius 3 is 2.75 bits per heavy atom. The molecule has 3 heterocycles. The van der Waals surface area contributed by atoms with E-state index in [0.717, 1.165) is 31.8 Å². The molecule has 4 heteroatoms. The van der Waals surface area contributed by atoms with Gasteiger partial charge in [-0.25, -0.2) is 0 Å². The Hall–Kier alpha value is -0.220. The third-order valence-corrected chi connectivity index (χ3v) is 6.15. The summed E-state index contributed by atoms with van der Waals surface area (Å²) in [4.78, 5) is 12.0. The molecule has 1 amide bonds. The first kappa shape index (κ1) is 10.9. The molecule has 0 aromatic rings. The van der Waals surface area contributed by atoms with Crippen LogP contribution in [0.3, 0.4) is 0 Å². The van der Waals surface area contributed by atoms with Gasteiger partial charge in [-0.3, -0.25) is 4.79 Å². The lowest BCUT2D eigenvalue weighted by atomic mass is 9.62. The summed E-state index contributed by atoms with van der Waals surface area (Å²) in [6.45, 7) is 3.73. The molecule has 3 fully saturated rings. The maximum atomic E-state index is 12.0. The molecule has 2 unspecified atom stereocenters. The second kappa shape index (κ2) is 3.64. The molecule has 2 spiro atoms. The summed E-state index contributed by atoms with van der Waals surface area (Å²) in [5.74, 6) is 2.81. The monoisotopic (exact) mass is 241 g/mol. The molecule has 3 rings (SSSR count). The normalized spacial score (nSPS) is 41.8. The molecule has 3 nitrogen and oxygen atoms in total. The summed E-state index contributed by atoms with van der Waals surface area (Å²) in [6.07, 6.45) is 3.20. The van der Waals surface area contributed by atoms with E-state index in [1.807, 2.05) is 11.8 Å². The number of carbonyl (C=O) groups excluding carboxylic acids is 1. The van der Waals surface area contributed by atoms with Crippen LogP contribution >= 0.6 is 11.8 Å². The van der Waals surface area contributed by atoms with Crippen LogP contribution in [0, 0.1) is 11.3 Å². The molecule has 0 radical (unpaired) electrons. The van der Waals surface area contributed by atoms with Gasteiger partial charge in [0.15, 0.2) is 0 Å². The average Bonchev–Trinajstić information content (AvgIpc) is 2.85. The molecule has 0 bridgehead atoms. The fraction of sp³-hybridized carbons (Fsp3) is 0.917. The Balaban J connectivity index is 1.99. The van der Waals surface area contributed by atoms with Gasteiger partial charge in [-0.2, -0.15) is 11.8 Å². The van der Waals surface area contributed by atoms with E-state index in [9.17, 15) is 4.79 Å². The van der Waals surface area contributed by atoms with E-state index in [4.69, 9.17) is 4.74 Å². The van der Waals surface area contributed by atoms with Gasteiger partial charge in [0.25, 0.3) is 0 Å². The Bertz CT molecular complexity index is 306. The Morgan fingerprint density at radius 2 is 2.12 bits per heavy atom. The van der Waals surface area contributed by atoms with E-state index < -0.39 is 0 Å². The molecule has 0 aliphatic carbocycles. The molecule has 90 valence electrons. The van der Waals surface area contributed by atoms with Crippen molar-refractivity contribution in [1.29, 1.82) is 0 Å². The van der Waals surface area contributed by atoms with Crippen molar-refractivity contribution in [3.63, 3.8) is 0 Å². The predicted molar refractivity (Wildman–Crippen MR) is 64.5 cm³/mol. The molecule has 3 aliphatic heterocycles. The smallest absolute Gasteiger partial charge is 0.223 e. The number of fused-ring (bicyclic) bond motifs is 1. The zero-order valence-corrected chi connectivity index (χ0v) is 10.6. The molecule has 0 aromatic carbocycles. The highest BCUT2D eigenvalue weighted by Gasteiger charge is 2.63. The van der Waals surface area contributed by atoms with Crippen molar-refractivity contribution >= 4 is 17.7 Å². The van der Waals surface area contributed by atoms with Crippen molar-refractivity contribution in [2.45, 2.75) is 31.7 Å². The van der Waals surface area contributed by atoms with Crippen LogP contribution in [0.4, 0.5) is 0 Å². The maximum Gasteiger partial charge on any atom is 0.223 e. The third kappa shape index (κ3) is 1.23. The summed E-state index contributed by atoms with van der Waals surface area (Å²) in [7, 11) is 0. The molecule has 1 N–H and O–H groups in total. The minimum Gasteiger partial charge on any atom is -0.381 e. The largest absolute Gasteiger partial charge is 0.381 e. The van der Waals surface area contributed by atoms with Gasteiger partial charge in [0.1, 0.15) is 0 Å². The number of hydrogen-bond acceptors (Lipinski definition) is 3. The molecule has 0 saturated carbocycles. The topological polar surface area (TPSA) is 38.3 Å². The van der Waals surface area contributed by atoms with Gasteiger partial charge in [-0.15, -0.1) is 0 Å². The summed E-state index contributed by atoms with van der Waals surface area (Å²) < 4.78 is 5.47. The second-order valence-electron chi connectivity index (χ2n) is 5.36. The number of hydrogen-bond donors (Lipinski definition) is 1. The van der Waals surface area contributed by atoms with Crippen molar-refractivity contribution in [1.82, 2.24) is 5.32 Å².